The lowest BCUT2D eigenvalue weighted by Gasteiger charge is -2.43. The maximum atomic E-state index is 13.2. The summed E-state index contributed by atoms with van der Waals surface area (Å²) in [7, 11) is 0. The van der Waals surface area contributed by atoms with Crippen molar-refractivity contribution in [1.82, 2.24) is 4.90 Å². The number of halogens is 12. The molecule has 0 heterocycles. The first-order valence-corrected chi connectivity index (χ1v) is 4.10. The van der Waals surface area contributed by atoms with Gasteiger partial charge in [-0.15, -0.1) is 0 Å². The molecule has 0 aromatic carbocycles. The average Bonchev–Trinajstić information content (AvgIpc) is 2.09. The predicted molar refractivity (Wildman–Crippen MR) is 33.8 cm³/mol. The van der Waals surface area contributed by atoms with Crippen LogP contribution in [0.4, 0.5) is 52.7 Å². The van der Waals surface area contributed by atoms with Crippen molar-refractivity contribution in [3.8, 4) is 0 Å². The Bertz CT molecular complexity index is 393. The first-order chi connectivity index (χ1) is 8.81. The zero-order valence-corrected chi connectivity index (χ0v) is 8.80. The van der Waals surface area contributed by atoms with E-state index in [0.29, 0.717) is 0 Å². The van der Waals surface area contributed by atoms with Crippen molar-refractivity contribution in [2.24, 2.45) is 0 Å². The maximum Gasteiger partial charge on any atom is 0.470 e. The van der Waals surface area contributed by atoms with Crippen LogP contribution < -0.4 is 5.11 Å². The summed E-state index contributed by atoms with van der Waals surface area (Å²) in [6, 6.07) is 0. The highest BCUT2D eigenvalue weighted by Crippen LogP contribution is 2.54. The molecule has 15 heteroatoms. The zero-order chi connectivity index (χ0) is 17.7. The number of carbonyl (C=O) groups is 1. The Morgan fingerprint density at radius 3 is 1.14 bits per heavy atom. The minimum absolute atomic E-state index is 4.19. The lowest BCUT2D eigenvalue weighted by Crippen LogP contribution is -2.75. The van der Waals surface area contributed by atoms with E-state index in [-0.39, 0.29) is 0 Å². The van der Waals surface area contributed by atoms with Crippen LogP contribution in [0.2, 0.25) is 0 Å². The molecule has 1 unspecified atom stereocenters. The molecule has 0 saturated carbocycles. The molecule has 0 aromatic heterocycles. The van der Waals surface area contributed by atoms with Gasteiger partial charge >= 0.3 is 30.5 Å². The van der Waals surface area contributed by atoms with Crippen LogP contribution in [0.15, 0.2) is 0 Å². The summed E-state index contributed by atoms with van der Waals surface area (Å²) in [6.45, 7) is 0. The lowest BCUT2D eigenvalue weighted by molar-refractivity contribution is -0.486. The summed E-state index contributed by atoms with van der Waals surface area (Å²) in [6.07, 6.45) is -22.3. The minimum atomic E-state index is -7.67. The van der Waals surface area contributed by atoms with Gasteiger partial charge in [0, 0.05) is 0 Å². The van der Waals surface area contributed by atoms with Gasteiger partial charge in [-0.05, 0) is 0 Å². The van der Waals surface area contributed by atoms with E-state index in [1.165, 1.54) is 0 Å². The number of rotatable bonds is 3. The molecule has 0 fully saturated rings. The third-order valence-corrected chi connectivity index (χ3v) is 1.86. The molecule has 0 saturated heterocycles. The van der Waals surface area contributed by atoms with E-state index in [1.54, 1.807) is 0 Å². The van der Waals surface area contributed by atoms with Crippen LogP contribution in [-0.4, -0.2) is 41.4 Å². The van der Waals surface area contributed by atoms with Gasteiger partial charge in [0.25, 0.3) is 0 Å². The standard InChI is InChI=1S/C6HF12NO2/c7-2(8,1(20)21)3(9,4(10,11)12)19(5(13,14)15)6(16,17)18/h(H,20,21)/p-1. The molecule has 0 aliphatic rings. The van der Waals surface area contributed by atoms with Gasteiger partial charge in [0.05, 0.1) is 0 Å². The van der Waals surface area contributed by atoms with Crippen LogP contribution >= 0.6 is 0 Å². The Morgan fingerprint density at radius 1 is 0.714 bits per heavy atom. The molecule has 1 atom stereocenters. The Kier molecular flexibility index (Phi) is 4.48. The van der Waals surface area contributed by atoms with E-state index in [9.17, 15) is 62.6 Å². The smallest absolute Gasteiger partial charge is 0.470 e. The molecule has 3 nitrogen and oxygen atoms in total. The van der Waals surface area contributed by atoms with E-state index >= 15 is 0 Å². The monoisotopic (exact) mass is 346 g/mol. The molecule has 0 spiro atoms. The summed E-state index contributed by atoms with van der Waals surface area (Å²) in [5.41, 5.74) is 0. The summed E-state index contributed by atoms with van der Waals surface area (Å²) < 4.78 is 146. The summed E-state index contributed by atoms with van der Waals surface area (Å²) in [5, 5.41) is 9.71. The third kappa shape index (κ3) is 3.11. The second kappa shape index (κ2) is 4.81. The van der Waals surface area contributed by atoms with Crippen LogP contribution in [0.25, 0.3) is 0 Å². The summed E-state index contributed by atoms with van der Waals surface area (Å²) in [4.78, 5) is 5.52. The normalized spacial score (nSPS) is 17.8. The predicted octanol–water partition coefficient (Wildman–Crippen LogP) is 1.94. The fourth-order valence-corrected chi connectivity index (χ4v) is 1.07. The van der Waals surface area contributed by atoms with Crippen molar-refractivity contribution in [3.63, 3.8) is 0 Å². The molecule has 0 N–H and O–H groups in total. The maximum absolute atomic E-state index is 13.2. The van der Waals surface area contributed by atoms with E-state index in [0.717, 1.165) is 0 Å². The number of hydrogen-bond acceptors (Lipinski definition) is 3. The molecule has 126 valence electrons. The van der Waals surface area contributed by atoms with Gasteiger partial charge in [0.2, 0.25) is 0 Å². The Labute approximate surface area is 105 Å². The van der Waals surface area contributed by atoms with Crippen molar-refractivity contribution in [2.45, 2.75) is 30.5 Å². The first kappa shape index (κ1) is 19.6. The Balaban J connectivity index is 6.61. The number of hydrogen-bond donors (Lipinski definition) is 0. The summed E-state index contributed by atoms with van der Waals surface area (Å²) >= 11 is 0. The van der Waals surface area contributed by atoms with E-state index < -0.39 is 41.4 Å². The van der Waals surface area contributed by atoms with Gasteiger partial charge in [0.15, 0.2) is 0 Å². The van der Waals surface area contributed by atoms with Crippen molar-refractivity contribution < 1.29 is 62.6 Å². The van der Waals surface area contributed by atoms with Crippen LogP contribution in [0.3, 0.4) is 0 Å². The van der Waals surface area contributed by atoms with E-state index in [1.807, 2.05) is 0 Å². The number of nitrogens with zero attached hydrogens (tertiary/aromatic N) is 1. The highest BCUT2D eigenvalue weighted by atomic mass is 19.4. The topological polar surface area (TPSA) is 43.4 Å². The van der Waals surface area contributed by atoms with Crippen LogP contribution in [-0.2, 0) is 4.79 Å². The molecule has 21 heavy (non-hydrogen) atoms. The van der Waals surface area contributed by atoms with Crippen LogP contribution in [0, 0.1) is 0 Å². The Morgan fingerprint density at radius 2 is 1.00 bits per heavy atom. The summed E-state index contributed by atoms with van der Waals surface area (Å²) in [5.74, 6) is -19.3. The van der Waals surface area contributed by atoms with Gasteiger partial charge in [-0.3, -0.25) is 0 Å². The molecule has 0 aromatic rings. The molecule has 0 radical (unpaired) electrons. The number of alkyl halides is 12. The first-order valence-electron chi connectivity index (χ1n) is 4.10. The van der Waals surface area contributed by atoms with E-state index in [4.69, 9.17) is 0 Å². The fraction of sp³-hybridized carbons (Fsp3) is 0.833. The minimum Gasteiger partial charge on any atom is -0.544 e. The number of carboxylic acids is 1. The molecule has 0 aliphatic carbocycles. The second-order valence-corrected chi connectivity index (χ2v) is 3.25. The number of carbonyl (C=O) groups excluding carboxylic acids is 1. The second-order valence-electron chi connectivity index (χ2n) is 3.25. The molecule has 0 rings (SSSR count). The van der Waals surface area contributed by atoms with Gasteiger partial charge in [-0.2, -0.15) is 48.3 Å². The largest absolute Gasteiger partial charge is 0.544 e. The molecule has 0 aliphatic heterocycles. The molecule has 0 bridgehead atoms. The fourth-order valence-electron chi connectivity index (χ4n) is 1.07. The number of aliphatic carboxylic acids is 1. The van der Waals surface area contributed by atoms with Crippen molar-refractivity contribution >= 4 is 5.97 Å². The van der Waals surface area contributed by atoms with Crippen molar-refractivity contribution in [3.05, 3.63) is 0 Å². The Hall–Kier alpha value is -1.41. The lowest BCUT2D eigenvalue weighted by atomic mass is 10.1. The molecular weight excluding hydrogens is 346 g/mol. The van der Waals surface area contributed by atoms with Crippen LogP contribution in [0.1, 0.15) is 0 Å². The van der Waals surface area contributed by atoms with Gasteiger partial charge in [-0.1, -0.05) is 4.90 Å². The SMILES string of the molecule is O=C([O-])C(F)(F)C(F)(N(C(F)(F)F)C(F)(F)F)C(F)(F)F. The average molecular weight is 346 g/mol. The highest BCUT2D eigenvalue weighted by Gasteiger charge is 2.84. The van der Waals surface area contributed by atoms with Crippen LogP contribution in [0.5, 0.6) is 0 Å². The van der Waals surface area contributed by atoms with Crippen molar-refractivity contribution in [1.29, 1.82) is 0 Å². The zero-order valence-electron chi connectivity index (χ0n) is 8.80. The van der Waals surface area contributed by atoms with Gasteiger partial charge < -0.3 is 9.90 Å². The highest BCUT2D eigenvalue weighted by molar-refractivity contribution is 5.75. The third-order valence-electron chi connectivity index (χ3n) is 1.86. The molecular formula is C6F12NO2-. The quantitative estimate of drug-likeness (QED) is 0.580. The van der Waals surface area contributed by atoms with E-state index in [2.05, 4.69) is 0 Å². The van der Waals surface area contributed by atoms with Gasteiger partial charge in [0.1, 0.15) is 5.97 Å². The molecule has 0 amide bonds. The number of carboxylic acid groups (broad SMARTS) is 1. The van der Waals surface area contributed by atoms with Gasteiger partial charge in [-0.25, -0.2) is 4.39 Å². The van der Waals surface area contributed by atoms with Crippen molar-refractivity contribution in [2.75, 3.05) is 0 Å².